The molecule has 0 spiro atoms. The van der Waals surface area contributed by atoms with Gasteiger partial charge in [0.1, 0.15) is 0 Å². The largest absolute Gasteiger partial charge is 0.368 e. The summed E-state index contributed by atoms with van der Waals surface area (Å²) in [5.74, 6) is 1.75. The highest BCUT2D eigenvalue weighted by Crippen LogP contribution is 2.44. The van der Waals surface area contributed by atoms with E-state index in [-0.39, 0.29) is 28.9 Å². The first-order valence-corrected chi connectivity index (χ1v) is 8.15. The molecule has 1 aromatic rings. The van der Waals surface area contributed by atoms with Crippen LogP contribution in [0.1, 0.15) is 44.6 Å². The van der Waals surface area contributed by atoms with Gasteiger partial charge in [0.05, 0.1) is 6.61 Å². The van der Waals surface area contributed by atoms with Crippen LogP contribution in [0.2, 0.25) is 0 Å². The number of hydrogen-bond donors (Lipinski definition) is 2. The van der Waals surface area contributed by atoms with Gasteiger partial charge in [0, 0.05) is 0 Å². The SMILES string of the molecule is Br.CC1(C)N=C(N)N=C(N)N1OCCC(c1ccccc1)C1CC1. The number of halogens is 1. The van der Waals surface area contributed by atoms with Crippen LogP contribution in [0.25, 0.3) is 0 Å². The molecule has 1 atom stereocenters. The zero-order chi connectivity index (χ0) is 16.4. The Hall–Kier alpha value is -1.60. The van der Waals surface area contributed by atoms with Gasteiger partial charge in [0.15, 0.2) is 5.66 Å². The number of aliphatic imine (C=N–C) groups is 2. The van der Waals surface area contributed by atoms with Gasteiger partial charge in [-0.05, 0) is 50.5 Å². The second-order valence-electron chi connectivity index (χ2n) is 6.71. The first-order chi connectivity index (χ1) is 11.0. The topological polar surface area (TPSA) is 89.2 Å². The van der Waals surface area contributed by atoms with Crippen molar-refractivity contribution in [2.45, 2.75) is 44.7 Å². The Morgan fingerprint density at radius 3 is 2.50 bits per heavy atom. The van der Waals surface area contributed by atoms with E-state index in [0.717, 1.165) is 12.3 Å². The summed E-state index contributed by atoms with van der Waals surface area (Å²) in [6.45, 7) is 4.37. The fraction of sp³-hybridized carbons (Fsp3) is 0.529. The van der Waals surface area contributed by atoms with E-state index in [2.05, 4.69) is 40.3 Å². The van der Waals surface area contributed by atoms with Crippen LogP contribution in [0.15, 0.2) is 40.3 Å². The molecule has 0 aromatic heterocycles. The summed E-state index contributed by atoms with van der Waals surface area (Å²) in [6.07, 6.45) is 3.56. The molecule has 0 radical (unpaired) electrons. The molecule has 4 N–H and O–H groups in total. The Labute approximate surface area is 153 Å². The number of benzene rings is 1. The Balaban J connectivity index is 0.00000208. The minimum Gasteiger partial charge on any atom is -0.368 e. The summed E-state index contributed by atoms with van der Waals surface area (Å²) < 4.78 is 0. The molecule has 1 unspecified atom stereocenters. The zero-order valence-corrected chi connectivity index (χ0v) is 15.9. The molecule has 1 fully saturated rings. The Kier molecular flexibility index (Phi) is 5.87. The molecular formula is C17H26BrN5O. The average molecular weight is 396 g/mol. The van der Waals surface area contributed by atoms with E-state index >= 15 is 0 Å². The maximum absolute atomic E-state index is 5.94. The van der Waals surface area contributed by atoms with Crippen molar-refractivity contribution in [2.75, 3.05) is 6.61 Å². The normalized spacial score (nSPS) is 20.7. The second-order valence-corrected chi connectivity index (χ2v) is 6.71. The maximum atomic E-state index is 5.94. The van der Waals surface area contributed by atoms with Crippen molar-refractivity contribution in [3.63, 3.8) is 0 Å². The number of hydroxylamine groups is 2. The van der Waals surface area contributed by atoms with Gasteiger partial charge >= 0.3 is 0 Å². The summed E-state index contributed by atoms with van der Waals surface area (Å²) in [5, 5.41) is 1.55. The fourth-order valence-corrected chi connectivity index (χ4v) is 3.16. The molecule has 7 heteroatoms. The van der Waals surface area contributed by atoms with Crippen molar-refractivity contribution in [1.82, 2.24) is 5.06 Å². The van der Waals surface area contributed by atoms with Gasteiger partial charge in [-0.15, -0.1) is 17.0 Å². The standard InChI is InChI=1S/C17H25N5O.BrH/c1-17(2)21-15(18)20-16(19)22(17)23-11-10-14(13-8-9-13)12-6-4-3-5-7-12;/h3-7,13-14H,8-11H2,1-2H3,(H4,18,19,20,21);1H. The van der Waals surface area contributed by atoms with E-state index in [1.807, 2.05) is 13.8 Å². The van der Waals surface area contributed by atoms with Gasteiger partial charge < -0.3 is 11.5 Å². The van der Waals surface area contributed by atoms with Crippen LogP contribution in [0, 0.1) is 5.92 Å². The smallest absolute Gasteiger partial charge is 0.226 e. The van der Waals surface area contributed by atoms with Crippen molar-refractivity contribution in [1.29, 1.82) is 0 Å². The Morgan fingerprint density at radius 1 is 1.25 bits per heavy atom. The number of guanidine groups is 2. The molecule has 1 aliphatic heterocycles. The van der Waals surface area contributed by atoms with Crippen LogP contribution in [0.5, 0.6) is 0 Å². The summed E-state index contributed by atoms with van der Waals surface area (Å²) in [5.41, 5.74) is 12.3. The van der Waals surface area contributed by atoms with Crippen molar-refractivity contribution in [2.24, 2.45) is 27.4 Å². The van der Waals surface area contributed by atoms with E-state index in [0.29, 0.717) is 12.5 Å². The summed E-state index contributed by atoms with van der Waals surface area (Å²) in [7, 11) is 0. The van der Waals surface area contributed by atoms with Crippen molar-refractivity contribution in [3.8, 4) is 0 Å². The molecule has 1 saturated carbocycles. The summed E-state index contributed by atoms with van der Waals surface area (Å²) in [6, 6.07) is 10.7. The van der Waals surface area contributed by atoms with Crippen LogP contribution in [-0.2, 0) is 4.84 Å². The van der Waals surface area contributed by atoms with E-state index < -0.39 is 5.66 Å². The minimum absolute atomic E-state index is 0. The molecule has 0 saturated heterocycles. The van der Waals surface area contributed by atoms with Crippen LogP contribution in [0.3, 0.4) is 0 Å². The van der Waals surface area contributed by atoms with Gasteiger partial charge in [-0.3, -0.25) is 4.84 Å². The highest BCUT2D eigenvalue weighted by atomic mass is 79.9. The molecule has 24 heavy (non-hydrogen) atoms. The molecule has 132 valence electrons. The van der Waals surface area contributed by atoms with Crippen LogP contribution in [-0.4, -0.2) is 29.3 Å². The highest BCUT2D eigenvalue weighted by Gasteiger charge is 2.35. The van der Waals surface area contributed by atoms with Gasteiger partial charge in [0.25, 0.3) is 0 Å². The third kappa shape index (κ3) is 4.27. The van der Waals surface area contributed by atoms with Crippen LogP contribution in [0.4, 0.5) is 0 Å². The van der Waals surface area contributed by atoms with E-state index in [1.165, 1.54) is 18.4 Å². The summed E-state index contributed by atoms with van der Waals surface area (Å²) in [4.78, 5) is 14.2. The summed E-state index contributed by atoms with van der Waals surface area (Å²) >= 11 is 0. The van der Waals surface area contributed by atoms with E-state index in [4.69, 9.17) is 16.3 Å². The third-order valence-electron chi connectivity index (χ3n) is 4.39. The Bertz CT molecular complexity index is 613. The molecule has 0 bridgehead atoms. The molecule has 0 amide bonds. The van der Waals surface area contributed by atoms with E-state index in [1.54, 1.807) is 5.06 Å². The lowest BCUT2D eigenvalue weighted by molar-refractivity contribution is -0.158. The molecular weight excluding hydrogens is 370 g/mol. The van der Waals surface area contributed by atoms with Crippen molar-refractivity contribution >= 4 is 28.9 Å². The molecule has 3 rings (SSSR count). The second kappa shape index (κ2) is 7.53. The van der Waals surface area contributed by atoms with Gasteiger partial charge in [-0.25, -0.2) is 4.99 Å². The quantitative estimate of drug-likeness (QED) is 0.774. The van der Waals surface area contributed by atoms with Gasteiger partial charge in [-0.2, -0.15) is 10.1 Å². The van der Waals surface area contributed by atoms with Crippen LogP contribution >= 0.6 is 17.0 Å². The van der Waals surface area contributed by atoms with Crippen molar-refractivity contribution < 1.29 is 4.84 Å². The molecule has 2 aliphatic rings. The van der Waals surface area contributed by atoms with E-state index in [9.17, 15) is 0 Å². The zero-order valence-electron chi connectivity index (χ0n) is 14.2. The predicted molar refractivity (Wildman–Crippen MR) is 102 cm³/mol. The highest BCUT2D eigenvalue weighted by molar-refractivity contribution is 8.93. The molecule has 1 aromatic carbocycles. The fourth-order valence-electron chi connectivity index (χ4n) is 3.16. The van der Waals surface area contributed by atoms with Crippen LogP contribution < -0.4 is 11.5 Å². The monoisotopic (exact) mass is 395 g/mol. The van der Waals surface area contributed by atoms with Gasteiger partial charge in [0.2, 0.25) is 11.9 Å². The molecule has 1 heterocycles. The molecule has 6 nitrogen and oxygen atoms in total. The Morgan fingerprint density at radius 2 is 1.92 bits per heavy atom. The predicted octanol–water partition coefficient (Wildman–Crippen LogP) is 2.76. The maximum Gasteiger partial charge on any atom is 0.226 e. The van der Waals surface area contributed by atoms with Crippen molar-refractivity contribution in [3.05, 3.63) is 35.9 Å². The lowest BCUT2D eigenvalue weighted by Gasteiger charge is -2.37. The number of rotatable bonds is 6. The number of nitrogens with two attached hydrogens (primary N) is 2. The van der Waals surface area contributed by atoms with Gasteiger partial charge in [-0.1, -0.05) is 30.3 Å². The number of nitrogens with zero attached hydrogens (tertiary/aromatic N) is 3. The lowest BCUT2D eigenvalue weighted by Crippen LogP contribution is -2.53. The minimum atomic E-state index is -0.641. The average Bonchev–Trinajstić information content (AvgIpc) is 3.30. The number of hydrogen-bond acceptors (Lipinski definition) is 6. The first kappa shape index (κ1) is 18.7. The molecule has 1 aliphatic carbocycles. The first-order valence-electron chi connectivity index (χ1n) is 8.15. The third-order valence-corrected chi connectivity index (χ3v) is 4.39. The lowest BCUT2D eigenvalue weighted by atomic mass is 9.91.